The minimum atomic E-state index is -0.758. The Morgan fingerprint density at radius 2 is 2.17 bits per heavy atom. The summed E-state index contributed by atoms with van der Waals surface area (Å²) in [4.78, 5) is 25.0. The van der Waals surface area contributed by atoms with Gasteiger partial charge in [0.1, 0.15) is 5.75 Å². The van der Waals surface area contributed by atoms with Gasteiger partial charge < -0.3 is 14.7 Å². The van der Waals surface area contributed by atoms with Gasteiger partial charge in [0.2, 0.25) is 5.91 Å². The third-order valence-electron chi connectivity index (χ3n) is 4.40. The van der Waals surface area contributed by atoms with Crippen molar-refractivity contribution in [1.29, 1.82) is 0 Å². The van der Waals surface area contributed by atoms with Gasteiger partial charge in [-0.1, -0.05) is 12.1 Å². The molecule has 1 N–H and O–H groups in total. The number of rotatable bonds is 7. The van der Waals surface area contributed by atoms with E-state index in [9.17, 15) is 9.59 Å². The SMILES string of the molecule is COc1cccc(CCC(=O)N2CCCC(CCC(=O)O)C2)c1. The summed E-state index contributed by atoms with van der Waals surface area (Å²) in [7, 11) is 1.63. The van der Waals surface area contributed by atoms with Crippen LogP contribution in [0.25, 0.3) is 0 Å². The maximum Gasteiger partial charge on any atom is 0.303 e. The first-order chi connectivity index (χ1) is 11.1. The van der Waals surface area contributed by atoms with Crippen molar-refractivity contribution in [3.8, 4) is 5.75 Å². The summed E-state index contributed by atoms with van der Waals surface area (Å²) < 4.78 is 5.19. The molecule has 5 heteroatoms. The molecule has 1 heterocycles. The first-order valence-electron chi connectivity index (χ1n) is 8.21. The third-order valence-corrected chi connectivity index (χ3v) is 4.40. The summed E-state index contributed by atoms with van der Waals surface area (Å²) >= 11 is 0. The van der Waals surface area contributed by atoms with E-state index in [4.69, 9.17) is 9.84 Å². The molecular formula is C18H25NO4. The number of hydrogen-bond acceptors (Lipinski definition) is 3. The van der Waals surface area contributed by atoms with Crippen LogP contribution >= 0.6 is 0 Å². The third kappa shape index (κ3) is 5.58. The van der Waals surface area contributed by atoms with Gasteiger partial charge in [-0.15, -0.1) is 0 Å². The maximum absolute atomic E-state index is 12.4. The van der Waals surface area contributed by atoms with Crippen molar-refractivity contribution < 1.29 is 19.4 Å². The first kappa shape index (κ1) is 17.3. The average molecular weight is 319 g/mol. The number of ether oxygens (including phenoxy) is 1. The number of carbonyl (C=O) groups excluding carboxylic acids is 1. The van der Waals surface area contributed by atoms with E-state index in [1.807, 2.05) is 29.2 Å². The molecule has 23 heavy (non-hydrogen) atoms. The molecular weight excluding hydrogens is 294 g/mol. The van der Waals surface area contributed by atoms with Crippen LogP contribution in [-0.4, -0.2) is 42.1 Å². The molecule has 0 saturated carbocycles. The highest BCUT2D eigenvalue weighted by Crippen LogP contribution is 2.22. The summed E-state index contributed by atoms with van der Waals surface area (Å²) in [6.45, 7) is 1.49. The number of likely N-dealkylation sites (tertiary alicyclic amines) is 1. The van der Waals surface area contributed by atoms with E-state index in [-0.39, 0.29) is 12.3 Å². The summed E-state index contributed by atoms with van der Waals surface area (Å²) in [6.07, 6.45) is 4.03. The van der Waals surface area contributed by atoms with Crippen molar-refractivity contribution in [3.63, 3.8) is 0 Å². The van der Waals surface area contributed by atoms with Gasteiger partial charge in [0, 0.05) is 25.9 Å². The monoisotopic (exact) mass is 319 g/mol. The van der Waals surface area contributed by atoms with Crippen molar-refractivity contribution in [2.24, 2.45) is 5.92 Å². The van der Waals surface area contributed by atoms with E-state index in [0.717, 1.165) is 30.7 Å². The van der Waals surface area contributed by atoms with Crippen LogP contribution in [0.3, 0.4) is 0 Å². The number of amides is 1. The molecule has 1 aromatic carbocycles. The van der Waals surface area contributed by atoms with E-state index in [1.54, 1.807) is 7.11 Å². The minimum Gasteiger partial charge on any atom is -0.497 e. The standard InChI is InChI=1S/C18H25NO4/c1-23-16-6-2-4-14(12-16)7-9-17(20)19-11-3-5-15(13-19)8-10-18(21)22/h2,4,6,12,15H,3,5,7-11,13H2,1H3,(H,21,22). The van der Waals surface area contributed by atoms with E-state index >= 15 is 0 Å². The van der Waals surface area contributed by atoms with E-state index in [0.29, 0.717) is 31.7 Å². The lowest BCUT2D eigenvalue weighted by Crippen LogP contribution is -2.40. The molecule has 1 atom stereocenters. The molecule has 126 valence electrons. The molecule has 1 saturated heterocycles. The maximum atomic E-state index is 12.4. The Labute approximate surface area is 137 Å². The summed E-state index contributed by atoms with van der Waals surface area (Å²) in [5.41, 5.74) is 1.09. The Kier molecular flexibility index (Phi) is 6.44. The number of methoxy groups -OCH3 is 1. The fourth-order valence-electron chi connectivity index (χ4n) is 3.09. The second-order valence-electron chi connectivity index (χ2n) is 6.13. The molecule has 1 unspecified atom stereocenters. The van der Waals surface area contributed by atoms with Crippen molar-refractivity contribution in [3.05, 3.63) is 29.8 Å². The quantitative estimate of drug-likeness (QED) is 0.839. The van der Waals surface area contributed by atoms with E-state index in [2.05, 4.69) is 0 Å². The molecule has 0 bridgehead atoms. The van der Waals surface area contributed by atoms with Crippen molar-refractivity contribution in [2.75, 3.05) is 20.2 Å². The minimum absolute atomic E-state index is 0.160. The highest BCUT2D eigenvalue weighted by molar-refractivity contribution is 5.76. The van der Waals surface area contributed by atoms with Crippen molar-refractivity contribution in [2.45, 2.75) is 38.5 Å². The molecule has 1 aliphatic rings. The normalized spacial score (nSPS) is 17.8. The van der Waals surface area contributed by atoms with Crippen molar-refractivity contribution in [1.82, 2.24) is 4.90 Å². The number of piperidine rings is 1. The first-order valence-corrected chi connectivity index (χ1v) is 8.21. The van der Waals surface area contributed by atoms with Gasteiger partial charge in [0.25, 0.3) is 0 Å². The van der Waals surface area contributed by atoms with Crippen LogP contribution in [-0.2, 0) is 16.0 Å². The van der Waals surface area contributed by atoms with E-state index in [1.165, 1.54) is 0 Å². The Morgan fingerprint density at radius 3 is 2.91 bits per heavy atom. The molecule has 1 amide bonds. The lowest BCUT2D eigenvalue weighted by atomic mass is 9.93. The van der Waals surface area contributed by atoms with Crippen LogP contribution in [0.1, 0.15) is 37.7 Å². The summed E-state index contributed by atoms with van der Waals surface area (Å²) in [5, 5.41) is 8.78. The second-order valence-corrected chi connectivity index (χ2v) is 6.13. The Morgan fingerprint density at radius 1 is 1.35 bits per heavy atom. The fourth-order valence-corrected chi connectivity index (χ4v) is 3.09. The second kappa shape index (κ2) is 8.56. The lowest BCUT2D eigenvalue weighted by Gasteiger charge is -2.32. The number of carboxylic acids is 1. The van der Waals surface area contributed by atoms with Crippen molar-refractivity contribution >= 4 is 11.9 Å². The van der Waals surface area contributed by atoms with Gasteiger partial charge in [-0.3, -0.25) is 9.59 Å². The number of nitrogens with zero attached hydrogens (tertiary/aromatic N) is 1. The predicted octanol–water partition coefficient (Wildman–Crippen LogP) is 2.73. The Balaban J connectivity index is 1.81. The molecule has 5 nitrogen and oxygen atoms in total. The highest BCUT2D eigenvalue weighted by atomic mass is 16.5. The molecule has 1 aromatic rings. The molecule has 0 aliphatic carbocycles. The Hall–Kier alpha value is -2.04. The lowest BCUT2D eigenvalue weighted by molar-refractivity contribution is -0.137. The zero-order valence-electron chi connectivity index (χ0n) is 13.7. The predicted molar refractivity (Wildman–Crippen MR) is 87.5 cm³/mol. The molecule has 0 aromatic heterocycles. The molecule has 2 rings (SSSR count). The zero-order chi connectivity index (χ0) is 16.7. The van der Waals surface area contributed by atoms with Gasteiger partial charge in [-0.2, -0.15) is 0 Å². The smallest absolute Gasteiger partial charge is 0.303 e. The van der Waals surface area contributed by atoms with Gasteiger partial charge >= 0.3 is 5.97 Å². The zero-order valence-corrected chi connectivity index (χ0v) is 13.7. The number of hydrogen-bond donors (Lipinski definition) is 1. The van der Waals surface area contributed by atoms with Gasteiger partial charge in [0.15, 0.2) is 0 Å². The number of benzene rings is 1. The highest BCUT2D eigenvalue weighted by Gasteiger charge is 2.23. The molecule has 0 spiro atoms. The van der Waals surface area contributed by atoms with Gasteiger partial charge in [0.05, 0.1) is 7.11 Å². The average Bonchev–Trinajstić information content (AvgIpc) is 2.58. The van der Waals surface area contributed by atoms with Gasteiger partial charge in [-0.05, 0) is 49.3 Å². The van der Waals surface area contributed by atoms with Crippen LogP contribution in [0.15, 0.2) is 24.3 Å². The fraction of sp³-hybridized carbons (Fsp3) is 0.556. The number of carboxylic acid groups (broad SMARTS) is 1. The molecule has 0 radical (unpaired) electrons. The topological polar surface area (TPSA) is 66.8 Å². The molecule has 1 aliphatic heterocycles. The Bertz CT molecular complexity index is 544. The number of aliphatic carboxylic acids is 1. The van der Waals surface area contributed by atoms with Crippen LogP contribution in [0.2, 0.25) is 0 Å². The summed E-state index contributed by atoms with van der Waals surface area (Å²) in [6, 6.07) is 7.78. The number of aryl methyl sites for hydroxylation is 1. The number of carbonyl (C=O) groups is 2. The van der Waals surface area contributed by atoms with Crippen LogP contribution < -0.4 is 4.74 Å². The molecule has 1 fully saturated rings. The van der Waals surface area contributed by atoms with Crippen LogP contribution in [0, 0.1) is 5.92 Å². The van der Waals surface area contributed by atoms with Gasteiger partial charge in [-0.25, -0.2) is 0 Å². The summed E-state index contributed by atoms with van der Waals surface area (Å²) in [5.74, 6) is 0.529. The largest absolute Gasteiger partial charge is 0.497 e. The van der Waals surface area contributed by atoms with Crippen LogP contribution in [0.5, 0.6) is 5.75 Å². The van der Waals surface area contributed by atoms with Crippen LogP contribution in [0.4, 0.5) is 0 Å². The van der Waals surface area contributed by atoms with E-state index < -0.39 is 5.97 Å².